The van der Waals surface area contributed by atoms with Crippen LogP contribution in [0.3, 0.4) is 0 Å². The highest BCUT2D eigenvalue weighted by atomic mass is 79.9. The van der Waals surface area contributed by atoms with Gasteiger partial charge < -0.3 is 5.11 Å². The molecule has 0 radical (unpaired) electrons. The Bertz CT molecular complexity index is 3000. The molecule has 3 heteroatoms. The molecule has 10 rings (SSSR count). The van der Waals surface area contributed by atoms with Crippen molar-refractivity contribution in [3.05, 3.63) is 285 Å². The SMILES string of the molecule is C.C.C.C.C.C.C.C.C.C.C.C.C.C.C.C.CC(CC1(c2ccccc2)CC1)c1ccc(CBr)cc1.CCC(CC(C)c1ccc(C)cc1)c1ccccc1.CCC(CC(C)c1ccc(CC(=O)O)cc1)c1ccccc1.Cc1ccc(C(C)CC2(c3ccccc3)CC2)cc1. The third-order valence-corrected chi connectivity index (χ3v) is 18.2. The number of aliphatic carboxylic acids is 1. The molecule has 8 aromatic rings. The molecule has 0 aliphatic heterocycles. The number of carbonyl (C=O) groups is 1. The van der Waals surface area contributed by atoms with Gasteiger partial charge in [-0.2, -0.15) is 0 Å². The standard InChI is InChI=1S/C20H24O2.C19H21Br.C19H22.C19H24.16CH4/c1-3-17(19-7-5-4-6-8-19)13-15(2)18-11-9-16(10-12-18)14-20(21)22;1-15(17-9-7-16(14-20)8-10-17)13-19(11-12-19)18-5-3-2-4-6-18;1-15-8-10-17(11-9-15)16(2)14-19(12-13-19)18-6-4-3-5-7-18;1-4-17(19-8-6-5-7-9-19)14-16(3)18-12-10-15(2)11-13-18;;;;;;;;;;;;;;;;/h4-12,15,17H,3,13-14H2,1-2H3,(H,21,22);2-10,15H,11-14H2,1H3;3-11,16H,12-14H2,1-2H3;5-13,16-17H,4,14H2,1-3H3;16*1H4. The molecule has 0 amide bonds. The molecule has 6 atom stereocenters. The molecule has 2 aliphatic carbocycles. The van der Waals surface area contributed by atoms with Gasteiger partial charge in [0.25, 0.3) is 0 Å². The van der Waals surface area contributed by atoms with Gasteiger partial charge in [0.1, 0.15) is 0 Å². The second kappa shape index (κ2) is 55.7. The van der Waals surface area contributed by atoms with Gasteiger partial charge in [-0.15, -0.1) is 0 Å². The van der Waals surface area contributed by atoms with Gasteiger partial charge in [0.2, 0.25) is 0 Å². The van der Waals surface area contributed by atoms with Crippen molar-refractivity contribution in [3.8, 4) is 0 Å². The Morgan fingerprint density at radius 3 is 0.854 bits per heavy atom. The lowest BCUT2D eigenvalue weighted by molar-refractivity contribution is -0.136. The van der Waals surface area contributed by atoms with Gasteiger partial charge in [0, 0.05) is 5.33 Å². The van der Waals surface area contributed by atoms with Crippen LogP contribution in [0.25, 0.3) is 0 Å². The third-order valence-electron chi connectivity index (χ3n) is 17.6. The first kappa shape index (κ1) is 111. The Labute approximate surface area is 609 Å². The highest BCUT2D eigenvalue weighted by Crippen LogP contribution is 2.55. The number of alkyl halides is 1. The molecule has 0 heterocycles. The van der Waals surface area contributed by atoms with Crippen LogP contribution in [0.1, 0.15) is 327 Å². The Morgan fingerprint density at radius 2 is 0.604 bits per heavy atom. The average Bonchev–Trinajstić information content (AvgIpc) is 1.63. The van der Waals surface area contributed by atoms with E-state index in [0.29, 0.717) is 46.3 Å². The number of halogens is 1. The number of carboxylic acids is 1. The summed E-state index contributed by atoms with van der Waals surface area (Å²) in [4.78, 5) is 10.7. The van der Waals surface area contributed by atoms with Gasteiger partial charge in [-0.25, -0.2) is 0 Å². The molecule has 2 fully saturated rings. The van der Waals surface area contributed by atoms with E-state index in [1.165, 1.54) is 113 Å². The largest absolute Gasteiger partial charge is 0.481 e. The van der Waals surface area contributed by atoms with Crippen LogP contribution in [0.2, 0.25) is 0 Å². The molecule has 1 N–H and O–H groups in total. The van der Waals surface area contributed by atoms with E-state index in [0.717, 1.165) is 23.7 Å². The molecular formula is C93H155BrO2. The van der Waals surface area contributed by atoms with Crippen molar-refractivity contribution < 1.29 is 9.90 Å². The Hall–Kier alpha value is -6.29. The third kappa shape index (κ3) is 33.8. The van der Waals surface area contributed by atoms with Crippen LogP contribution < -0.4 is 0 Å². The van der Waals surface area contributed by atoms with Gasteiger partial charge in [-0.3, -0.25) is 4.79 Å². The molecule has 2 nitrogen and oxygen atoms in total. The summed E-state index contributed by atoms with van der Waals surface area (Å²) < 4.78 is 0. The molecule has 2 aliphatic rings. The number of hydrogen-bond donors (Lipinski definition) is 1. The number of aryl methyl sites for hydroxylation is 2. The summed E-state index contributed by atoms with van der Waals surface area (Å²) in [7, 11) is 0. The molecule has 6 unspecified atom stereocenters. The minimum absolute atomic E-state index is 0. The highest BCUT2D eigenvalue weighted by Gasteiger charge is 2.45. The van der Waals surface area contributed by atoms with Crippen LogP contribution in [0.5, 0.6) is 0 Å². The summed E-state index contributed by atoms with van der Waals surface area (Å²) in [6, 6.07) is 78.8. The molecule has 0 spiro atoms. The number of rotatable bonds is 21. The van der Waals surface area contributed by atoms with Crippen molar-refractivity contribution >= 4 is 21.9 Å². The van der Waals surface area contributed by atoms with Crippen molar-refractivity contribution in [1.29, 1.82) is 0 Å². The fourth-order valence-corrected chi connectivity index (χ4v) is 12.4. The summed E-state index contributed by atoms with van der Waals surface area (Å²) in [5.74, 6) is 2.79. The number of hydrogen-bond acceptors (Lipinski definition) is 1. The molecule has 546 valence electrons. The predicted octanol–water partition coefficient (Wildman–Crippen LogP) is 31.9. The van der Waals surface area contributed by atoms with Crippen LogP contribution in [-0.4, -0.2) is 11.1 Å². The predicted molar refractivity (Wildman–Crippen MR) is 453 cm³/mol. The van der Waals surface area contributed by atoms with E-state index in [2.05, 4.69) is 278 Å². The molecular weight excluding hydrogens is 1230 g/mol. The molecule has 8 aromatic carbocycles. The van der Waals surface area contributed by atoms with Crippen LogP contribution >= 0.6 is 15.9 Å². The maximum absolute atomic E-state index is 10.7. The smallest absolute Gasteiger partial charge is 0.307 e. The van der Waals surface area contributed by atoms with Crippen LogP contribution in [0.4, 0.5) is 0 Å². The van der Waals surface area contributed by atoms with Gasteiger partial charge in [0.15, 0.2) is 0 Å². The quantitative estimate of drug-likeness (QED) is 0.0728. The van der Waals surface area contributed by atoms with Crippen LogP contribution in [0.15, 0.2) is 218 Å². The van der Waals surface area contributed by atoms with Crippen molar-refractivity contribution in [1.82, 2.24) is 0 Å². The van der Waals surface area contributed by atoms with Gasteiger partial charge in [0.05, 0.1) is 6.42 Å². The van der Waals surface area contributed by atoms with Gasteiger partial charge in [-0.1, -0.05) is 406 Å². The first-order valence-corrected chi connectivity index (χ1v) is 31.1. The summed E-state index contributed by atoms with van der Waals surface area (Å²) in [6.07, 6.45) is 12.7. The second-order valence-corrected chi connectivity index (χ2v) is 24.4. The lowest BCUT2D eigenvalue weighted by atomic mass is 9.83. The van der Waals surface area contributed by atoms with Crippen molar-refractivity contribution in [3.63, 3.8) is 0 Å². The zero-order chi connectivity index (χ0) is 56.9. The first-order valence-electron chi connectivity index (χ1n) is 30.0. The van der Waals surface area contributed by atoms with E-state index in [9.17, 15) is 4.79 Å². The zero-order valence-electron chi connectivity index (χ0n) is 49.5. The normalized spacial score (nSPS) is 13.1. The van der Waals surface area contributed by atoms with Gasteiger partial charge in [-0.05, 0) is 180 Å². The maximum Gasteiger partial charge on any atom is 0.307 e. The molecule has 0 aromatic heterocycles. The summed E-state index contributed by atoms with van der Waals surface area (Å²) in [6.45, 7) is 18.2. The Balaban J connectivity index is -0.000000122. The second-order valence-electron chi connectivity index (χ2n) is 23.8. The lowest BCUT2D eigenvalue weighted by Gasteiger charge is -2.21. The fourth-order valence-electron chi connectivity index (χ4n) is 12.0. The molecule has 0 bridgehead atoms. The summed E-state index contributed by atoms with van der Waals surface area (Å²) in [5.41, 5.74) is 17.4. The fraction of sp³-hybridized carbons (Fsp3) is 0.473. The van der Waals surface area contributed by atoms with E-state index in [-0.39, 0.29) is 125 Å². The maximum atomic E-state index is 10.7. The molecule has 2 saturated carbocycles. The summed E-state index contributed by atoms with van der Waals surface area (Å²) >= 11 is 3.51. The highest BCUT2D eigenvalue weighted by molar-refractivity contribution is 9.08. The van der Waals surface area contributed by atoms with E-state index < -0.39 is 5.97 Å². The minimum atomic E-state index is -0.782. The summed E-state index contributed by atoms with van der Waals surface area (Å²) in [5, 5.41) is 9.76. The van der Waals surface area contributed by atoms with Crippen molar-refractivity contribution in [2.45, 2.75) is 297 Å². The van der Waals surface area contributed by atoms with E-state index in [1.54, 1.807) is 0 Å². The number of benzene rings is 8. The zero-order valence-corrected chi connectivity index (χ0v) is 51.1. The monoisotopic (exact) mass is 1380 g/mol. The Kier molecular flexibility index (Phi) is 64.4. The van der Waals surface area contributed by atoms with Crippen LogP contribution in [0, 0.1) is 13.8 Å². The topological polar surface area (TPSA) is 37.3 Å². The van der Waals surface area contributed by atoms with Crippen molar-refractivity contribution in [2.75, 3.05) is 0 Å². The van der Waals surface area contributed by atoms with Gasteiger partial charge >= 0.3 is 5.97 Å². The molecule has 0 saturated heterocycles. The van der Waals surface area contributed by atoms with E-state index >= 15 is 0 Å². The number of carboxylic acid groups (broad SMARTS) is 1. The average molecular weight is 1390 g/mol. The minimum Gasteiger partial charge on any atom is -0.481 e. The van der Waals surface area contributed by atoms with Crippen LogP contribution in [-0.2, 0) is 27.4 Å². The van der Waals surface area contributed by atoms with Crippen molar-refractivity contribution in [2.24, 2.45) is 0 Å². The lowest BCUT2D eigenvalue weighted by Crippen LogP contribution is -2.10. The first-order chi connectivity index (χ1) is 38.7. The van der Waals surface area contributed by atoms with E-state index in [1.807, 2.05) is 12.1 Å². The van der Waals surface area contributed by atoms with E-state index in [4.69, 9.17) is 5.11 Å². The Morgan fingerprint density at radius 1 is 0.354 bits per heavy atom. The molecule has 96 heavy (non-hydrogen) atoms.